The van der Waals surface area contributed by atoms with Gasteiger partial charge in [-0.3, -0.25) is 4.79 Å². The summed E-state index contributed by atoms with van der Waals surface area (Å²) in [4.78, 5) is 12.1. The zero-order valence-corrected chi connectivity index (χ0v) is 11.6. The number of carbonyl (C=O) groups is 1. The quantitative estimate of drug-likeness (QED) is 0.845. The Bertz CT molecular complexity index is 737. The third kappa shape index (κ3) is 3.16. The molecule has 0 fully saturated rings. The second-order valence-electron chi connectivity index (χ2n) is 4.34. The summed E-state index contributed by atoms with van der Waals surface area (Å²) in [7, 11) is -3.40. The van der Waals surface area contributed by atoms with E-state index in [-0.39, 0.29) is 16.5 Å². The minimum atomic E-state index is -3.40. The van der Waals surface area contributed by atoms with E-state index in [1.165, 1.54) is 6.07 Å². The van der Waals surface area contributed by atoms with Crippen molar-refractivity contribution in [2.75, 3.05) is 17.3 Å². The zero-order valence-electron chi connectivity index (χ0n) is 10.8. The molecule has 3 N–H and O–H groups in total. The van der Waals surface area contributed by atoms with Gasteiger partial charge in [-0.05, 0) is 36.4 Å². The fourth-order valence-electron chi connectivity index (χ4n) is 1.72. The number of sulfone groups is 1. The van der Waals surface area contributed by atoms with Gasteiger partial charge >= 0.3 is 0 Å². The van der Waals surface area contributed by atoms with E-state index in [0.29, 0.717) is 11.3 Å². The molecule has 0 atom stereocenters. The first-order valence-electron chi connectivity index (χ1n) is 5.84. The number of nitrogens with one attached hydrogen (secondary N) is 1. The van der Waals surface area contributed by atoms with Crippen LogP contribution in [0.25, 0.3) is 0 Å². The lowest BCUT2D eigenvalue weighted by molar-refractivity contribution is 0.102. The number of nitrogens with two attached hydrogens (primary N) is 1. The van der Waals surface area contributed by atoms with Crippen molar-refractivity contribution < 1.29 is 13.2 Å². The molecule has 0 saturated carbocycles. The van der Waals surface area contributed by atoms with Crippen LogP contribution in [0.1, 0.15) is 10.4 Å². The van der Waals surface area contributed by atoms with E-state index in [9.17, 15) is 13.2 Å². The van der Waals surface area contributed by atoms with Gasteiger partial charge in [0, 0.05) is 17.5 Å². The first kappa shape index (κ1) is 14.1. The Hall–Kier alpha value is -2.34. The molecule has 0 bridgehead atoms. The van der Waals surface area contributed by atoms with Crippen molar-refractivity contribution in [1.29, 1.82) is 0 Å². The SMILES string of the molecule is CS(=O)(=O)c1ccccc1NC(=O)c1ccc(N)cc1. The van der Waals surface area contributed by atoms with Crippen LogP contribution in [0.5, 0.6) is 0 Å². The van der Waals surface area contributed by atoms with Gasteiger partial charge in [-0.25, -0.2) is 8.42 Å². The number of carbonyl (C=O) groups excluding carboxylic acids is 1. The number of hydrogen-bond acceptors (Lipinski definition) is 4. The maximum Gasteiger partial charge on any atom is 0.255 e. The maximum atomic E-state index is 12.1. The highest BCUT2D eigenvalue weighted by Crippen LogP contribution is 2.21. The summed E-state index contributed by atoms with van der Waals surface area (Å²) in [6.07, 6.45) is 1.10. The van der Waals surface area contributed by atoms with E-state index in [1.807, 2.05) is 0 Å². The van der Waals surface area contributed by atoms with E-state index < -0.39 is 9.84 Å². The van der Waals surface area contributed by atoms with Gasteiger partial charge in [0.1, 0.15) is 0 Å². The smallest absolute Gasteiger partial charge is 0.255 e. The molecule has 0 spiro atoms. The Balaban J connectivity index is 2.31. The van der Waals surface area contributed by atoms with Crippen LogP contribution in [-0.4, -0.2) is 20.6 Å². The van der Waals surface area contributed by atoms with Crippen molar-refractivity contribution in [3.63, 3.8) is 0 Å². The van der Waals surface area contributed by atoms with Crippen molar-refractivity contribution in [1.82, 2.24) is 0 Å². The van der Waals surface area contributed by atoms with Crippen LogP contribution in [0.15, 0.2) is 53.4 Å². The molecule has 0 saturated heterocycles. The van der Waals surface area contributed by atoms with Gasteiger partial charge in [0.15, 0.2) is 9.84 Å². The third-order valence-corrected chi connectivity index (χ3v) is 3.86. The van der Waals surface area contributed by atoms with Gasteiger partial charge in [-0.1, -0.05) is 12.1 Å². The molecular weight excluding hydrogens is 276 g/mol. The normalized spacial score (nSPS) is 11.1. The number of anilines is 2. The van der Waals surface area contributed by atoms with Gasteiger partial charge in [-0.15, -0.1) is 0 Å². The van der Waals surface area contributed by atoms with Crippen LogP contribution < -0.4 is 11.1 Å². The van der Waals surface area contributed by atoms with E-state index >= 15 is 0 Å². The molecule has 0 aromatic heterocycles. The molecule has 2 rings (SSSR count). The summed E-state index contributed by atoms with van der Waals surface area (Å²) in [5.74, 6) is -0.388. The molecule has 0 heterocycles. The molecule has 1 amide bonds. The lowest BCUT2D eigenvalue weighted by Gasteiger charge is -2.09. The minimum Gasteiger partial charge on any atom is -0.399 e. The largest absolute Gasteiger partial charge is 0.399 e. The fraction of sp³-hybridized carbons (Fsp3) is 0.0714. The lowest BCUT2D eigenvalue weighted by Crippen LogP contribution is -2.14. The van der Waals surface area contributed by atoms with Gasteiger partial charge in [0.05, 0.1) is 10.6 Å². The number of rotatable bonds is 3. The number of benzene rings is 2. The van der Waals surface area contributed by atoms with Crippen molar-refractivity contribution in [2.45, 2.75) is 4.90 Å². The predicted molar refractivity (Wildman–Crippen MR) is 78.4 cm³/mol. The van der Waals surface area contributed by atoms with E-state index in [2.05, 4.69) is 5.32 Å². The van der Waals surface area contributed by atoms with E-state index in [1.54, 1.807) is 42.5 Å². The summed E-state index contributed by atoms with van der Waals surface area (Å²) in [5, 5.41) is 2.59. The topological polar surface area (TPSA) is 89.3 Å². The Morgan fingerprint density at radius 2 is 1.65 bits per heavy atom. The highest BCUT2D eigenvalue weighted by Gasteiger charge is 2.15. The van der Waals surface area contributed by atoms with Gasteiger partial charge in [0.25, 0.3) is 5.91 Å². The predicted octanol–water partition coefficient (Wildman–Crippen LogP) is 1.92. The number of hydrogen-bond donors (Lipinski definition) is 2. The second kappa shape index (κ2) is 5.34. The molecule has 0 aliphatic rings. The highest BCUT2D eigenvalue weighted by molar-refractivity contribution is 7.90. The maximum absolute atomic E-state index is 12.1. The Kier molecular flexibility index (Phi) is 3.76. The fourth-order valence-corrected chi connectivity index (χ4v) is 2.57. The molecule has 5 nitrogen and oxygen atoms in total. The van der Waals surface area contributed by atoms with Crippen molar-refractivity contribution in [3.8, 4) is 0 Å². The average Bonchev–Trinajstić information content (AvgIpc) is 2.38. The molecule has 0 aliphatic heterocycles. The molecule has 2 aromatic carbocycles. The number of amides is 1. The van der Waals surface area contributed by atoms with Crippen LogP contribution >= 0.6 is 0 Å². The second-order valence-corrected chi connectivity index (χ2v) is 6.33. The van der Waals surface area contributed by atoms with Crippen molar-refractivity contribution >= 4 is 27.1 Å². The van der Waals surface area contributed by atoms with Crippen LogP contribution in [0.3, 0.4) is 0 Å². The monoisotopic (exact) mass is 290 g/mol. The Morgan fingerprint density at radius 3 is 2.25 bits per heavy atom. The zero-order chi connectivity index (χ0) is 14.8. The highest BCUT2D eigenvalue weighted by atomic mass is 32.2. The molecule has 0 unspecified atom stereocenters. The van der Waals surface area contributed by atoms with E-state index in [4.69, 9.17) is 5.73 Å². The van der Waals surface area contributed by atoms with Crippen LogP contribution in [-0.2, 0) is 9.84 Å². The summed E-state index contributed by atoms with van der Waals surface area (Å²) in [6, 6.07) is 12.6. The molecule has 6 heteroatoms. The third-order valence-electron chi connectivity index (χ3n) is 2.71. The number of nitrogen functional groups attached to an aromatic ring is 1. The molecule has 2 aromatic rings. The summed E-state index contributed by atoms with van der Waals surface area (Å²) in [5.41, 5.74) is 6.77. The minimum absolute atomic E-state index is 0.0868. The van der Waals surface area contributed by atoms with Gasteiger partial charge in [-0.2, -0.15) is 0 Å². The molecule has 20 heavy (non-hydrogen) atoms. The first-order valence-corrected chi connectivity index (χ1v) is 7.73. The first-order chi connectivity index (χ1) is 9.38. The summed E-state index contributed by atoms with van der Waals surface area (Å²) in [6.45, 7) is 0. The molecule has 0 radical (unpaired) electrons. The average molecular weight is 290 g/mol. The Labute approximate surface area is 117 Å². The van der Waals surface area contributed by atoms with Crippen molar-refractivity contribution in [3.05, 3.63) is 54.1 Å². The number of para-hydroxylation sites is 1. The van der Waals surface area contributed by atoms with Crippen LogP contribution in [0.4, 0.5) is 11.4 Å². The summed E-state index contributed by atoms with van der Waals surface area (Å²) >= 11 is 0. The lowest BCUT2D eigenvalue weighted by atomic mass is 10.2. The van der Waals surface area contributed by atoms with Crippen LogP contribution in [0, 0.1) is 0 Å². The Morgan fingerprint density at radius 1 is 1.05 bits per heavy atom. The van der Waals surface area contributed by atoms with Gasteiger partial charge < -0.3 is 11.1 Å². The van der Waals surface area contributed by atoms with E-state index in [0.717, 1.165) is 6.26 Å². The standard InChI is InChI=1S/C14H14N2O3S/c1-20(18,19)13-5-3-2-4-12(13)16-14(17)10-6-8-11(15)9-7-10/h2-9H,15H2,1H3,(H,16,17). The van der Waals surface area contributed by atoms with Gasteiger partial charge in [0.2, 0.25) is 0 Å². The molecule has 104 valence electrons. The molecule has 0 aliphatic carbocycles. The summed E-state index contributed by atoms with van der Waals surface area (Å²) < 4.78 is 23.3. The van der Waals surface area contributed by atoms with Crippen LogP contribution in [0.2, 0.25) is 0 Å². The molecular formula is C14H14N2O3S. The van der Waals surface area contributed by atoms with Crippen molar-refractivity contribution in [2.24, 2.45) is 0 Å².